The second-order valence-electron chi connectivity index (χ2n) is 17.3. The third-order valence-electron chi connectivity index (χ3n) is 12.2. The molecule has 3 aromatic carbocycles. The molecule has 1 amide bonds. The van der Waals surface area contributed by atoms with Crippen molar-refractivity contribution in [3.05, 3.63) is 107 Å². The number of anilines is 3. The Morgan fingerprint density at radius 2 is 1.85 bits per heavy atom. The monoisotopic (exact) mass is 882 g/mol. The van der Waals surface area contributed by atoms with E-state index >= 15 is 0 Å². The van der Waals surface area contributed by atoms with E-state index in [0.717, 1.165) is 94.0 Å². The molecule has 1 aliphatic carbocycles. The first-order valence-electron chi connectivity index (χ1n) is 21.3. The van der Waals surface area contributed by atoms with Gasteiger partial charge in [-0.25, -0.2) is 23.2 Å². The average Bonchev–Trinajstić information content (AvgIpc) is 3.75. The van der Waals surface area contributed by atoms with Gasteiger partial charge in [-0.3, -0.25) is 14.9 Å². The number of pyridine rings is 1. The summed E-state index contributed by atoms with van der Waals surface area (Å²) in [6.45, 7) is 10.4. The summed E-state index contributed by atoms with van der Waals surface area (Å²) in [4.78, 5) is 26.0. The molecule has 14 nitrogen and oxygen atoms in total. The number of aromatic amines is 1. The van der Waals surface area contributed by atoms with E-state index in [9.17, 15) is 23.5 Å². The summed E-state index contributed by atoms with van der Waals surface area (Å²) in [5, 5.41) is 29.0. The van der Waals surface area contributed by atoms with Crippen LogP contribution in [0.15, 0.2) is 95.7 Å². The minimum absolute atomic E-state index is 0.00533. The molecule has 328 valence electrons. The molecule has 0 saturated carbocycles. The summed E-state index contributed by atoms with van der Waals surface area (Å²) < 4.78 is 36.2. The highest BCUT2D eigenvalue weighted by atomic mass is 35.5. The number of nitrogens with one attached hydrogen (secondary N) is 4. The average molecular weight is 884 g/mol. The minimum atomic E-state index is -4.47. The van der Waals surface area contributed by atoms with Crippen molar-refractivity contribution in [3.63, 3.8) is 0 Å². The van der Waals surface area contributed by atoms with Crippen LogP contribution in [0, 0.1) is 11.3 Å². The number of piperazine rings is 1. The minimum Gasteiger partial charge on any atom is -0.455 e. The van der Waals surface area contributed by atoms with Crippen LogP contribution in [0.1, 0.15) is 61.9 Å². The molecule has 4 heterocycles. The lowest BCUT2D eigenvalue weighted by molar-refractivity contribution is 0.0979. The maximum Gasteiger partial charge on any atom is 0.268 e. The maximum atomic E-state index is 14.0. The topological polar surface area (TPSA) is 175 Å². The van der Waals surface area contributed by atoms with Gasteiger partial charge in [-0.15, -0.1) is 0 Å². The number of aliphatic hydroxyl groups is 1. The van der Waals surface area contributed by atoms with Gasteiger partial charge in [-0.2, -0.15) is 0 Å². The van der Waals surface area contributed by atoms with Gasteiger partial charge in [0.1, 0.15) is 23.9 Å². The first-order chi connectivity index (χ1) is 29.8. The number of nitrogens with zero attached hydrogens (tertiary/aromatic N) is 4. The van der Waals surface area contributed by atoms with Crippen LogP contribution in [-0.2, 0) is 10.0 Å². The van der Waals surface area contributed by atoms with E-state index in [1.165, 1.54) is 34.9 Å². The number of aromatic nitrogens is 2. The Morgan fingerprint density at radius 3 is 2.61 bits per heavy atom. The number of halogens is 1. The number of sulfonamides is 1. The van der Waals surface area contributed by atoms with Gasteiger partial charge < -0.3 is 30.4 Å². The molecule has 6 N–H and O–H groups in total. The lowest BCUT2D eigenvalue weighted by atomic mass is 9.72. The lowest BCUT2D eigenvalue weighted by Crippen LogP contribution is -2.47. The van der Waals surface area contributed by atoms with Crippen molar-refractivity contribution in [2.24, 2.45) is 11.3 Å². The van der Waals surface area contributed by atoms with E-state index in [1.807, 2.05) is 24.3 Å². The Hall–Kier alpha value is -5.16. The van der Waals surface area contributed by atoms with Crippen molar-refractivity contribution in [1.82, 2.24) is 24.9 Å². The number of allylic oxidation sites excluding steroid dienone is 1. The molecule has 8 rings (SSSR count). The van der Waals surface area contributed by atoms with Crippen LogP contribution in [0.2, 0.25) is 5.02 Å². The number of hydrogen-bond acceptors (Lipinski definition) is 12. The first-order valence-corrected chi connectivity index (χ1v) is 23.1. The first kappa shape index (κ1) is 43.5. The molecule has 2 saturated heterocycles. The highest BCUT2D eigenvalue weighted by Gasteiger charge is 2.30. The predicted octanol–water partition coefficient (Wildman–Crippen LogP) is 7.47. The molecule has 1 atom stereocenters. The van der Waals surface area contributed by atoms with Crippen LogP contribution in [-0.4, -0.2) is 98.6 Å². The van der Waals surface area contributed by atoms with Gasteiger partial charge in [0.05, 0.1) is 28.0 Å². The number of fused-ring (bicyclic) bond motifs is 1. The van der Waals surface area contributed by atoms with E-state index in [1.54, 1.807) is 30.6 Å². The molecule has 3 aliphatic rings. The van der Waals surface area contributed by atoms with Gasteiger partial charge in [0, 0.05) is 67.6 Å². The van der Waals surface area contributed by atoms with E-state index in [-0.39, 0.29) is 27.3 Å². The van der Waals surface area contributed by atoms with Crippen LogP contribution in [0.3, 0.4) is 0 Å². The van der Waals surface area contributed by atoms with E-state index in [0.29, 0.717) is 34.6 Å². The van der Waals surface area contributed by atoms with Gasteiger partial charge in [0.25, 0.3) is 15.9 Å². The molecule has 62 heavy (non-hydrogen) atoms. The zero-order valence-corrected chi connectivity index (χ0v) is 36.7. The summed E-state index contributed by atoms with van der Waals surface area (Å²) in [5.41, 5.74) is 6.37. The second kappa shape index (κ2) is 18.7. The normalized spacial score (nSPS) is 18.5. The number of benzene rings is 3. The Bertz CT molecular complexity index is 2530. The lowest BCUT2D eigenvalue weighted by Gasteiger charge is -2.39. The summed E-state index contributed by atoms with van der Waals surface area (Å²) in [6.07, 6.45) is 8.62. The number of piperidine rings is 1. The number of H-pyrrole nitrogens is 1. The Kier molecular flexibility index (Phi) is 13.1. The van der Waals surface area contributed by atoms with Crippen molar-refractivity contribution < 1.29 is 28.3 Å². The van der Waals surface area contributed by atoms with Crippen molar-refractivity contribution in [1.29, 1.82) is 0 Å². The van der Waals surface area contributed by atoms with Crippen LogP contribution < -0.4 is 30.1 Å². The predicted molar refractivity (Wildman–Crippen MR) is 244 cm³/mol. The molecule has 0 radical (unpaired) electrons. The molecule has 5 aromatic rings. The van der Waals surface area contributed by atoms with Gasteiger partial charge in [0.15, 0.2) is 0 Å². The van der Waals surface area contributed by atoms with Crippen LogP contribution in [0.4, 0.5) is 17.1 Å². The highest BCUT2D eigenvalue weighted by molar-refractivity contribution is 7.90. The fourth-order valence-electron chi connectivity index (χ4n) is 8.69. The number of carbonyl (C=O) groups is 1. The van der Waals surface area contributed by atoms with Gasteiger partial charge in [0.2, 0.25) is 0 Å². The summed E-state index contributed by atoms with van der Waals surface area (Å²) in [7, 11) is -4.47. The number of amides is 1. The molecule has 2 aliphatic heterocycles. The maximum absolute atomic E-state index is 14.0. The number of hydroxylamine groups is 1. The van der Waals surface area contributed by atoms with Crippen molar-refractivity contribution in [2.45, 2.75) is 50.8 Å². The van der Waals surface area contributed by atoms with E-state index < -0.39 is 22.7 Å². The molecule has 16 heteroatoms. The molecule has 1 unspecified atom stereocenters. The molecular weight excluding hydrogens is 828 g/mol. The fraction of sp³-hybridized carbons (Fsp3) is 0.391. The smallest absolute Gasteiger partial charge is 0.268 e. The van der Waals surface area contributed by atoms with E-state index in [4.69, 9.17) is 16.3 Å². The second-order valence-corrected chi connectivity index (χ2v) is 19.4. The van der Waals surface area contributed by atoms with Crippen LogP contribution >= 0.6 is 11.6 Å². The zero-order valence-electron chi connectivity index (χ0n) is 35.2. The summed E-state index contributed by atoms with van der Waals surface area (Å²) in [6, 6.07) is 21.1. The third kappa shape index (κ3) is 10.2. The third-order valence-corrected chi connectivity index (χ3v) is 13.8. The zero-order chi connectivity index (χ0) is 43.4. The molecular formula is C46H55ClN8O6S. The molecule has 2 aromatic heterocycles. The quantitative estimate of drug-likeness (QED) is 0.0480. The summed E-state index contributed by atoms with van der Waals surface area (Å²) in [5.74, 6) is -0.0129. The number of hydrogen-bond donors (Lipinski definition) is 6. The molecule has 0 bridgehead atoms. The number of aliphatic hydroxyl groups excluding tert-OH is 1. The number of carbonyl (C=O) groups excluding carboxylic acids is 1. The van der Waals surface area contributed by atoms with Gasteiger partial charge in [-0.05, 0) is 122 Å². The van der Waals surface area contributed by atoms with Crippen molar-refractivity contribution in [2.75, 3.05) is 74.4 Å². The highest BCUT2D eigenvalue weighted by Crippen LogP contribution is 2.43. The van der Waals surface area contributed by atoms with Crippen LogP contribution in [0.25, 0.3) is 16.6 Å². The standard InChI is InChI=1S/C46H55ClN8O6S/c1-46(2)15-13-34(40(25-46)32-5-7-35(47)8-6-32)29-53-18-20-54(21-19-53)36-9-11-39(43(23-36)61-37-22-33-14-17-49-44(33)51-28-37)45(57)52-62(59,60)38-10-12-41(42(24-38)55(58)30-56)50-27-31-4-3-16-48-26-31/h5-12,14,17,22-24,28,31,48,50,56,58H,3-4,13,15-16,18-21,25-27,29-30H2,1-2H3,(H,49,51)(H,52,57). The number of rotatable bonds is 14. The Balaban J connectivity index is 1.01. The van der Waals surface area contributed by atoms with Crippen molar-refractivity contribution in [3.8, 4) is 11.5 Å². The fourth-order valence-corrected chi connectivity index (χ4v) is 9.80. The van der Waals surface area contributed by atoms with Crippen LogP contribution in [0.5, 0.6) is 11.5 Å². The molecule has 2 fully saturated rings. The summed E-state index contributed by atoms with van der Waals surface area (Å²) >= 11 is 6.25. The SMILES string of the molecule is CC1(C)CCC(CN2CCN(c3ccc(C(=O)NS(=O)(=O)c4ccc(NCC5CCCNC5)c(N(O)CO)c4)c(Oc4cnc5[nH]ccc5c4)c3)CC2)=C(c2ccc(Cl)cc2)C1. The largest absolute Gasteiger partial charge is 0.455 e. The van der Waals surface area contributed by atoms with Crippen molar-refractivity contribution >= 4 is 61.2 Å². The molecule has 0 spiro atoms. The number of ether oxygens (including phenoxy) is 1. The van der Waals surface area contributed by atoms with E-state index in [2.05, 4.69) is 61.1 Å². The Morgan fingerprint density at radius 1 is 1.05 bits per heavy atom. The van der Waals surface area contributed by atoms with Gasteiger partial charge in [-0.1, -0.05) is 43.2 Å². The Labute approximate surface area is 367 Å². The van der Waals surface area contributed by atoms with Gasteiger partial charge >= 0.3 is 0 Å².